The van der Waals surface area contributed by atoms with Gasteiger partial charge >= 0.3 is 6.09 Å². The largest absolute Gasteiger partial charge is 0.444 e. The van der Waals surface area contributed by atoms with Crippen LogP contribution in [-0.2, 0) is 14.8 Å². The molecule has 7 nitrogen and oxygen atoms in total. The molecule has 0 spiro atoms. The van der Waals surface area contributed by atoms with E-state index in [1.807, 2.05) is 20.8 Å². The number of hydrogen-bond acceptors (Lipinski definition) is 5. The third-order valence-electron chi connectivity index (χ3n) is 3.28. The van der Waals surface area contributed by atoms with Crippen LogP contribution in [0.5, 0.6) is 0 Å². The van der Waals surface area contributed by atoms with Gasteiger partial charge in [-0.25, -0.2) is 17.9 Å². The second kappa shape index (κ2) is 8.12. The van der Waals surface area contributed by atoms with Crippen molar-refractivity contribution in [2.24, 2.45) is 0 Å². The maximum atomic E-state index is 12.1. The predicted octanol–water partition coefficient (Wildman–Crippen LogP) is 0.915. The fraction of sp³-hybridized carbons (Fsp3) is 0.929. The zero-order valence-electron chi connectivity index (χ0n) is 14.0. The van der Waals surface area contributed by atoms with Crippen LogP contribution in [0, 0.1) is 0 Å². The summed E-state index contributed by atoms with van der Waals surface area (Å²) in [5.41, 5.74) is -0.477. The first kappa shape index (κ1) is 19.2. The Morgan fingerprint density at radius 1 is 1.32 bits per heavy atom. The van der Waals surface area contributed by atoms with E-state index in [0.717, 1.165) is 25.6 Å². The Kier molecular flexibility index (Phi) is 7.08. The molecule has 1 heterocycles. The zero-order valence-corrected chi connectivity index (χ0v) is 14.8. The van der Waals surface area contributed by atoms with Crippen molar-refractivity contribution >= 4 is 16.1 Å². The Morgan fingerprint density at radius 3 is 2.59 bits per heavy atom. The van der Waals surface area contributed by atoms with E-state index in [-0.39, 0.29) is 12.1 Å². The van der Waals surface area contributed by atoms with Gasteiger partial charge in [-0.05, 0) is 46.6 Å². The highest BCUT2D eigenvalue weighted by molar-refractivity contribution is 7.88. The number of carbonyl (C=O) groups is 1. The molecule has 0 bridgehead atoms. The lowest BCUT2D eigenvalue weighted by molar-refractivity contribution is 0.0226. The van der Waals surface area contributed by atoms with Crippen LogP contribution in [0.4, 0.5) is 4.79 Å². The molecule has 0 aromatic carbocycles. The van der Waals surface area contributed by atoms with Crippen molar-refractivity contribution < 1.29 is 17.9 Å². The maximum Gasteiger partial charge on any atom is 0.410 e. The summed E-state index contributed by atoms with van der Waals surface area (Å²) in [6.07, 6.45) is 3.56. The maximum absolute atomic E-state index is 12.1. The molecule has 22 heavy (non-hydrogen) atoms. The minimum atomic E-state index is -3.11. The lowest BCUT2D eigenvalue weighted by Gasteiger charge is -2.28. The topological polar surface area (TPSA) is 87.7 Å². The lowest BCUT2D eigenvalue weighted by Crippen LogP contribution is -2.44. The molecule has 1 unspecified atom stereocenters. The van der Waals surface area contributed by atoms with E-state index >= 15 is 0 Å². The van der Waals surface area contributed by atoms with Gasteiger partial charge in [0.05, 0.1) is 6.26 Å². The van der Waals surface area contributed by atoms with Crippen LogP contribution in [0.25, 0.3) is 0 Å². The van der Waals surface area contributed by atoms with E-state index in [0.29, 0.717) is 26.1 Å². The number of hydrogen-bond donors (Lipinski definition) is 2. The average molecular weight is 335 g/mol. The van der Waals surface area contributed by atoms with Gasteiger partial charge in [0.25, 0.3) is 0 Å². The molecule has 1 atom stereocenters. The number of likely N-dealkylation sites (tertiary alicyclic amines) is 1. The molecule has 1 fully saturated rings. The van der Waals surface area contributed by atoms with Crippen LogP contribution in [0.2, 0.25) is 0 Å². The number of sulfonamides is 1. The second-order valence-corrected chi connectivity index (χ2v) is 8.53. The van der Waals surface area contributed by atoms with Gasteiger partial charge in [0.15, 0.2) is 0 Å². The quantitative estimate of drug-likeness (QED) is 0.675. The van der Waals surface area contributed by atoms with Crippen LogP contribution in [0.15, 0.2) is 0 Å². The summed E-state index contributed by atoms with van der Waals surface area (Å²) in [5.74, 6) is 0. The Labute approximate surface area is 133 Å². The smallest absolute Gasteiger partial charge is 0.410 e. The molecule has 0 radical (unpaired) electrons. The van der Waals surface area contributed by atoms with E-state index in [1.165, 1.54) is 0 Å². The van der Waals surface area contributed by atoms with Gasteiger partial charge in [0.2, 0.25) is 10.0 Å². The highest BCUT2D eigenvalue weighted by Crippen LogP contribution is 2.20. The standard InChI is InChI=1S/C14H29N3O4S/c1-14(2,3)21-13(18)17-10-5-7-12(17)11-15-8-6-9-16-22(4,19)20/h12,15-16H,5-11H2,1-4H3. The second-order valence-electron chi connectivity index (χ2n) is 6.69. The fourth-order valence-electron chi connectivity index (χ4n) is 2.35. The number of nitrogens with zero attached hydrogens (tertiary/aromatic N) is 1. The SMILES string of the molecule is CC(C)(C)OC(=O)N1CCCC1CNCCCNS(C)(=O)=O. The van der Waals surface area contributed by atoms with E-state index in [4.69, 9.17) is 4.74 Å². The summed E-state index contributed by atoms with van der Waals surface area (Å²) in [5, 5.41) is 3.28. The molecule has 1 aliphatic heterocycles. The number of amides is 1. The van der Waals surface area contributed by atoms with Crippen molar-refractivity contribution in [3.05, 3.63) is 0 Å². The molecule has 0 aromatic heterocycles. The van der Waals surface area contributed by atoms with Crippen LogP contribution in [0.3, 0.4) is 0 Å². The molecule has 1 saturated heterocycles. The van der Waals surface area contributed by atoms with Crippen LogP contribution < -0.4 is 10.0 Å². The van der Waals surface area contributed by atoms with Gasteiger partial charge in [-0.1, -0.05) is 0 Å². The summed E-state index contributed by atoms with van der Waals surface area (Å²) in [7, 11) is -3.11. The van der Waals surface area contributed by atoms with Crippen molar-refractivity contribution in [1.82, 2.24) is 14.9 Å². The molecule has 1 aliphatic rings. The summed E-state index contributed by atoms with van der Waals surface area (Å²) >= 11 is 0. The third kappa shape index (κ3) is 7.95. The van der Waals surface area contributed by atoms with Crippen LogP contribution in [0.1, 0.15) is 40.0 Å². The molecule has 2 N–H and O–H groups in total. The first-order valence-electron chi connectivity index (χ1n) is 7.73. The summed E-state index contributed by atoms with van der Waals surface area (Å²) in [4.78, 5) is 13.9. The van der Waals surface area contributed by atoms with Crippen LogP contribution in [-0.4, -0.2) is 63.5 Å². The van der Waals surface area contributed by atoms with Gasteiger partial charge in [-0.2, -0.15) is 0 Å². The summed E-state index contributed by atoms with van der Waals surface area (Å²) < 4.78 is 29.7. The van der Waals surface area contributed by atoms with E-state index in [1.54, 1.807) is 4.90 Å². The molecule has 1 amide bonds. The number of carbonyl (C=O) groups excluding carboxylic acids is 1. The number of rotatable bonds is 7. The molecular formula is C14H29N3O4S. The van der Waals surface area contributed by atoms with Gasteiger partial charge in [-0.15, -0.1) is 0 Å². The highest BCUT2D eigenvalue weighted by Gasteiger charge is 2.31. The van der Waals surface area contributed by atoms with Gasteiger partial charge in [0, 0.05) is 25.7 Å². The monoisotopic (exact) mass is 335 g/mol. The first-order valence-corrected chi connectivity index (χ1v) is 9.62. The van der Waals surface area contributed by atoms with E-state index in [2.05, 4.69) is 10.0 Å². The molecule has 0 aliphatic carbocycles. The Morgan fingerprint density at radius 2 is 2.00 bits per heavy atom. The van der Waals surface area contributed by atoms with Crippen molar-refractivity contribution in [2.75, 3.05) is 32.4 Å². The molecule has 0 saturated carbocycles. The molecule has 130 valence electrons. The number of nitrogens with one attached hydrogen (secondary N) is 2. The summed E-state index contributed by atoms with van der Waals surface area (Å²) in [6.45, 7) is 8.16. The predicted molar refractivity (Wildman–Crippen MR) is 86.3 cm³/mol. The fourth-order valence-corrected chi connectivity index (χ4v) is 2.86. The third-order valence-corrected chi connectivity index (χ3v) is 4.01. The van der Waals surface area contributed by atoms with Gasteiger partial charge < -0.3 is 15.0 Å². The minimum Gasteiger partial charge on any atom is -0.444 e. The Balaban J connectivity index is 2.25. The molecule has 0 aromatic rings. The van der Waals surface area contributed by atoms with E-state index in [9.17, 15) is 13.2 Å². The minimum absolute atomic E-state index is 0.151. The normalized spacial score (nSPS) is 19.5. The van der Waals surface area contributed by atoms with Gasteiger partial charge in [0.1, 0.15) is 5.60 Å². The van der Waals surface area contributed by atoms with Crippen molar-refractivity contribution in [2.45, 2.75) is 51.7 Å². The molecule has 8 heteroatoms. The van der Waals surface area contributed by atoms with Crippen LogP contribution >= 0.6 is 0 Å². The highest BCUT2D eigenvalue weighted by atomic mass is 32.2. The summed E-state index contributed by atoms with van der Waals surface area (Å²) in [6, 6.07) is 0.151. The van der Waals surface area contributed by atoms with Crippen molar-refractivity contribution in [3.8, 4) is 0 Å². The van der Waals surface area contributed by atoms with Gasteiger partial charge in [-0.3, -0.25) is 0 Å². The average Bonchev–Trinajstić information content (AvgIpc) is 2.78. The zero-order chi connectivity index (χ0) is 16.8. The Hall–Kier alpha value is -0.860. The first-order chi connectivity index (χ1) is 10.1. The van der Waals surface area contributed by atoms with E-state index < -0.39 is 15.6 Å². The number of ether oxygens (including phenoxy) is 1. The Bertz CT molecular complexity index is 459. The lowest BCUT2D eigenvalue weighted by atomic mass is 10.2. The van der Waals surface area contributed by atoms with Crippen molar-refractivity contribution in [3.63, 3.8) is 0 Å². The molecule has 1 rings (SSSR count). The van der Waals surface area contributed by atoms with Crippen molar-refractivity contribution in [1.29, 1.82) is 0 Å². The molecular weight excluding hydrogens is 306 g/mol.